The molecular weight excluding hydrogens is 376 g/mol. The molecule has 1 aliphatic heterocycles. The van der Waals surface area contributed by atoms with Crippen molar-refractivity contribution < 1.29 is 20.1 Å². The second-order valence-corrected chi connectivity index (χ2v) is 6.89. The lowest BCUT2D eigenvalue weighted by Gasteiger charge is -2.15. The number of rotatable bonds is 9. The van der Waals surface area contributed by atoms with Gasteiger partial charge in [-0.25, -0.2) is 15.2 Å². The van der Waals surface area contributed by atoms with Gasteiger partial charge in [0.2, 0.25) is 5.75 Å². The van der Waals surface area contributed by atoms with E-state index < -0.39 is 0 Å². The molecule has 10 heteroatoms. The molecule has 4 rings (SSSR count). The minimum absolute atomic E-state index is 0.141. The number of ether oxygens (including phenoxy) is 1. The Kier molecular flexibility index (Phi) is 5.94. The van der Waals surface area contributed by atoms with E-state index in [-0.39, 0.29) is 11.6 Å². The number of nitrogens with one attached hydrogen (secondary N) is 3. The first-order chi connectivity index (χ1) is 14.3. The largest absolute Gasteiger partial charge is 0.489 e. The van der Waals surface area contributed by atoms with E-state index in [1.165, 1.54) is 19.0 Å². The van der Waals surface area contributed by atoms with Crippen molar-refractivity contribution in [2.75, 3.05) is 37.0 Å². The van der Waals surface area contributed by atoms with E-state index >= 15 is 0 Å². The van der Waals surface area contributed by atoms with E-state index in [1.807, 2.05) is 11.5 Å². The van der Waals surface area contributed by atoms with Gasteiger partial charge in [-0.2, -0.15) is 0 Å². The Labute approximate surface area is 167 Å². The number of likely N-dealkylation sites (tertiary alicyclic amines) is 1. The topological polar surface area (TPSA) is 128 Å². The van der Waals surface area contributed by atoms with E-state index in [4.69, 9.17) is 9.99 Å². The third-order valence-electron chi connectivity index (χ3n) is 4.91. The Morgan fingerprint density at radius 1 is 1.17 bits per heavy atom. The fraction of sp³-hybridized carbons (Fsp3) is 0.368. The van der Waals surface area contributed by atoms with E-state index in [1.54, 1.807) is 18.3 Å². The van der Waals surface area contributed by atoms with E-state index in [2.05, 4.69) is 30.1 Å². The maximum Gasteiger partial charge on any atom is 0.225 e. The molecule has 154 valence electrons. The van der Waals surface area contributed by atoms with Crippen LogP contribution in [0.2, 0.25) is 0 Å². The minimum atomic E-state index is 0.141. The van der Waals surface area contributed by atoms with Crippen LogP contribution in [0, 0.1) is 0 Å². The maximum atomic E-state index is 9.20. The van der Waals surface area contributed by atoms with E-state index in [9.17, 15) is 5.21 Å². The van der Waals surface area contributed by atoms with Crippen molar-refractivity contribution in [2.45, 2.75) is 19.3 Å². The SMILES string of the molecule is ONc1cc2[nH]ccc2c(Nc2cc(OCCCN3CCCC3)c(OO)cn2)n1. The lowest BCUT2D eigenvalue weighted by Crippen LogP contribution is -2.22. The summed E-state index contributed by atoms with van der Waals surface area (Å²) >= 11 is 0. The van der Waals surface area contributed by atoms with Crippen LogP contribution in [0.4, 0.5) is 17.5 Å². The van der Waals surface area contributed by atoms with Crippen molar-refractivity contribution in [3.05, 3.63) is 30.6 Å². The van der Waals surface area contributed by atoms with Crippen LogP contribution in [-0.4, -0.2) is 56.6 Å². The van der Waals surface area contributed by atoms with Crippen molar-refractivity contribution in [1.29, 1.82) is 0 Å². The number of nitrogens with zero attached hydrogens (tertiary/aromatic N) is 3. The molecule has 0 bridgehead atoms. The molecular formula is C19H24N6O4. The Morgan fingerprint density at radius 2 is 2.03 bits per heavy atom. The molecule has 10 nitrogen and oxygen atoms in total. The van der Waals surface area contributed by atoms with Gasteiger partial charge in [0.15, 0.2) is 11.6 Å². The molecule has 1 aliphatic rings. The van der Waals surface area contributed by atoms with Gasteiger partial charge in [0.05, 0.1) is 18.3 Å². The second-order valence-electron chi connectivity index (χ2n) is 6.89. The molecule has 1 saturated heterocycles. The number of hydrogen-bond acceptors (Lipinski definition) is 9. The number of hydrogen-bond donors (Lipinski definition) is 5. The lowest BCUT2D eigenvalue weighted by molar-refractivity contribution is -0.139. The smallest absolute Gasteiger partial charge is 0.225 e. The molecule has 5 N–H and O–H groups in total. The average Bonchev–Trinajstić information content (AvgIpc) is 3.43. The number of H-pyrrole nitrogens is 1. The number of fused-ring (bicyclic) bond motifs is 1. The van der Waals surface area contributed by atoms with Crippen molar-refractivity contribution in [1.82, 2.24) is 19.9 Å². The highest BCUT2D eigenvalue weighted by Gasteiger charge is 2.13. The highest BCUT2D eigenvalue weighted by atomic mass is 17.1. The third kappa shape index (κ3) is 4.50. The number of aromatic nitrogens is 3. The highest BCUT2D eigenvalue weighted by Crippen LogP contribution is 2.31. The first-order valence-electron chi connectivity index (χ1n) is 9.58. The summed E-state index contributed by atoms with van der Waals surface area (Å²) in [5.41, 5.74) is 2.85. The monoisotopic (exact) mass is 400 g/mol. The Bertz CT molecular complexity index is 957. The van der Waals surface area contributed by atoms with Gasteiger partial charge in [-0.1, -0.05) is 0 Å². The first kappa shape index (κ1) is 19.2. The van der Waals surface area contributed by atoms with Gasteiger partial charge < -0.3 is 24.8 Å². The molecule has 29 heavy (non-hydrogen) atoms. The summed E-state index contributed by atoms with van der Waals surface area (Å²) in [4.78, 5) is 18.4. The number of anilines is 3. The van der Waals surface area contributed by atoms with Crippen LogP contribution in [0.25, 0.3) is 10.9 Å². The van der Waals surface area contributed by atoms with Crippen LogP contribution < -0.4 is 20.4 Å². The summed E-state index contributed by atoms with van der Waals surface area (Å²) in [5.74, 6) is 1.78. The van der Waals surface area contributed by atoms with Crippen LogP contribution in [0.3, 0.4) is 0 Å². The standard InChI is InChI=1S/C19H24N6O4/c26-24-18-10-14-13(4-5-20-14)19(23-18)22-17-11-15(16(29-27)12-21-17)28-9-3-8-25-6-1-2-7-25/h4-5,10-12,20,26-27H,1-3,6-9H2,(H2,21,22,23,24). The van der Waals surface area contributed by atoms with Crippen molar-refractivity contribution >= 4 is 28.4 Å². The Balaban J connectivity index is 1.47. The zero-order chi connectivity index (χ0) is 20.1. The van der Waals surface area contributed by atoms with Crippen LogP contribution >= 0.6 is 0 Å². The van der Waals surface area contributed by atoms with E-state index in [0.29, 0.717) is 24.0 Å². The summed E-state index contributed by atoms with van der Waals surface area (Å²) in [5, 5.41) is 22.3. The first-order valence-corrected chi connectivity index (χ1v) is 9.58. The predicted molar refractivity (Wildman–Crippen MR) is 108 cm³/mol. The van der Waals surface area contributed by atoms with Gasteiger partial charge in [-0.3, -0.25) is 10.7 Å². The van der Waals surface area contributed by atoms with Gasteiger partial charge >= 0.3 is 0 Å². The van der Waals surface area contributed by atoms with Gasteiger partial charge in [0.25, 0.3) is 0 Å². The van der Waals surface area contributed by atoms with Crippen LogP contribution in [-0.2, 0) is 0 Å². The normalized spacial score (nSPS) is 14.3. The molecule has 0 aliphatic carbocycles. The molecule has 0 amide bonds. The molecule has 0 saturated carbocycles. The summed E-state index contributed by atoms with van der Waals surface area (Å²) in [6.07, 6.45) is 6.56. The predicted octanol–water partition coefficient (Wildman–Crippen LogP) is 3.22. The van der Waals surface area contributed by atoms with Gasteiger partial charge in [-0.05, 0) is 38.4 Å². The highest BCUT2D eigenvalue weighted by molar-refractivity contribution is 5.93. The molecule has 0 atom stereocenters. The minimum Gasteiger partial charge on any atom is -0.489 e. The molecule has 3 aromatic heterocycles. The molecule has 1 fully saturated rings. The van der Waals surface area contributed by atoms with Crippen LogP contribution in [0.15, 0.2) is 30.6 Å². The zero-order valence-corrected chi connectivity index (χ0v) is 15.9. The third-order valence-corrected chi connectivity index (χ3v) is 4.91. The summed E-state index contributed by atoms with van der Waals surface area (Å²) < 4.78 is 5.81. The number of aromatic amines is 1. The molecule has 4 heterocycles. The average molecular weight is 400 g/mol. The fourth-order valence-electron chi connectivity index (χ4n) is 3.48. The summed E-state index contributed by atoms with van der Waals surface area (Å²) in [7, 11) is 0. The van der Waals surface area contributed by atoms with Gasteiger partial charge in [-0.15, -0.1) is 0 Å². The Hall–Kier alpha value is -3.08. The summed E-state index contributed by atoms with van der Waals surface area (Å²) in [6, 6.07) is 5.19. The molecule has 0 radical (unpaired) electrons. The van der Waals surface area contributed by atoms with Gasteiger partial charge in [0.1, 0.15) is 11.6 Å². The maximum absolute atomic E-state index is 9.20. The van der Waals surface area contributed by atoms with Gasteiger partial charge in [0, 0.05) is 30.3 Å². The quantitative estimate of drug-likeness (QED) is 0.209. The Morgan fingerprint density at radius 3 is 2.83 bits per heavy atom. The van der Waals surface area contributed by atoms with Crippen molar-refractivity contribution in [3.8, 4) is 11.5 Å². The molecule has 3 aromatic rings. The zero-order valence-electron chi connectivity index (χ0n) is 15.9. The van der Waals surface area contributed by atoms with Crippen molar-refractivity contribution in [3.63, 3.8) is 0 Å². The van der Waals surface area contributed by atoms with E-state index in [0.717, 1.165) is 37.0 Å². The lowest BCUT2D eigenvalue weighted by atomic mass is 10.3. The van der Waals surface area contributed by atoms with Crippen LogP contribution in [0.5, 0.6) is 11.5 Å². The molecule has 0 aromatic carbocycles. The van der Waals surface area contributed by atoms with Crippen LogP contribution in [0.1, 0.15) is 19.3 Å². The molecule has 0 spiro atoms. The number of pyridine rings is 2. The summed E-state index contributed by atoms with van der Waals surface area (Å²) in [6.45, 7) is 3.79. The van der Waals surface area contributed by atoms with Crippen molar-refractivity contribution in [2.24, 2.45) is 0 Å². The second kappa shape index (κ2) is 8.95. The molecule has 0 unspecified atom stereocenters. The fourth-order valence-corrected chi connectivity index (χ4v) is 3.48.